The van der Waals surface area contributed by atoms with E-state index in [0.29, 0.717) is 6.42 Å². The van der Waals surface area contributed by atoms with Crippen LogP contribution in [0.2, 0.25) is 0 Å². The molecule has 1 aromatic heterocycles. The lowest BCUT2D eigenvalue weighted by Gasteiger charge is -2.23. The average molecular weight is 239 g/mol. The first kappa shape index (κ1) is 13.5. The molecular weight excluding hydrogens is 218 g/mol. The number of likely N-dealkylation sites (N-methyl/N-ethyl adjacent to an activating group) is 1. The minimum absolute atomic E-state index is 0.242. The van der Waals surface area contributed by atoms with Gasteiger partial charge in [-0.3, -0.25) is 0 Å². The highest BCUT2D eigenvalue weighted by molar-refractivity contribution is 5.80. The number of aryl methyl sites for hydroxylation is 1. The summed E-state index contributed by atoms with van der Waals surface area (Å²) in [6.07, 6.45) is 5.19. The zero-order valence-corrected chi connectivity index (χ0v) is 10.7. The van der Waals surface area contributed by atoms with Crippen LogP contribution in [0.15, 0.2) is 17.5 Å². The summed E-state index contributed by atoms with van der Waals surface area (Å²) < 4.78 is 2.02. The maximum absolute atomic E-state index is 8.51. The second-order valence-electron chi connectivity index (χ2n) is 4.33. The summed E-state index contributed by atoms with van der Waals surface area (Å²) in [6.45, 7) is 2.95. The van der Waals surface area contributed by atoms with Crippen LogP contribution in [0.1, 0.15) is 19.2 Å². The van der Waals surface area contributed by atoms with E-state index in [1.165, 1.54) is 0 Å². The summed E-state index contributed by atoms with van der Waals surface area (Å²) in [5, 5.41) is 11.5. The molecule has 96 valence electrons. The van der Waals surface area contributed by atoms with Gasteiger partial charge < -0.3 is 20.4 Å². The predicted molar refractivity (Wildman–Crippen MR) is 67.0 cm³/mol. The standard InChI is InChI=1S/C11H21N5O/c1-9(8-10(12)14-17)15(2)6-4-11-13-5-7-16(11)3/h5,7,9,17H,4,6,8H2,1-3H3,(H2,12,14). The van der Waals surface area contributed by atoms with E-state index in [1.807, 2.05) is 24.9 Å². The third kappa shape index (κ3) is 4.07. The lowest BCUT2D eigenvalue weighted by molar-refractivity contribution is 0.259. The van der Waals surface area contributed by atoms with Gasteiger partial charge in [-0.25, -0.2) is 4.98 Å². The van der Waals surface area contributed by atoms with Crippen LogP contribution in [0.25, 0.3) is 0 Å². The molecule has 0 spiro atoms. The van der Waals surface area contributed by atoms with Crippen LogP contribution in [-0.4, -0.2) is 45.1 Å². The van der Waals surface area contributed by atoms with Crippen LogP contribution in [0, 0.1) is 0 Å². The van der Waals surface area contributed by atoms with Crippen LogP contribution in [-0.2, 0) is 13.5 Å². The Morgan fingerprint density at radius 3 is 2.94 bits per heavy atom. The van der Waals surface area contributed by atoms with Crippen molar-refractivity contribution in [2.45, 2.75) is 25.8 Å². The van der Waals surface area contributed by atoms with Gasteiger partial charge in [0.2, 0.25) is 0 Å². The van der Waals surface area contributed by atoms with Crippen LogP contribution in [0.4, 0.5) is 0 Å². The lowest BCUT2D eigenvalue weighted by atomic mass is 10.2. The van der Waals surface area contributed by atoms with Gasteiger partial charge in [-0.05, 0) is 14.0 Å². The number of hydrogen-bond donors (Lipinski definition) is 2. The van der Waals surface area contributed by atoms with Gasteiger partial charge in [0.05, 0.1) is 0 Å². The molecule has 1 unspecified atom stereocenters. The van der Waals surface area contributed by atoms with Gasteiger partial charge in [0.25, 0.3) is 0 Å². The number of rotatable bonds is 6. The molecule has 0 aliphatic rings. The number of amidine groups is 1. The molecule has 0 aliphatic heterocycles. The fourth-order valence-corrected chi connectivity index (χ4v) is 1.63. The second-order valence-corrected chi connectivity index (χ2v) is 4.33. The van der Waals surface area contributed by atoms with Gasteiger partial charge in [0, 0.05) is 44.9 Å². The number of imidazole rings is 1. The minimum atomic E-state index is 0.242. The minimum Gasteiger partial charge on any atom is -0.409 e. The Morgan fingerprint density at radius 2 is 2.41 bits per heavy atom. The van der Waals surface area contributed by atoms with Gasteiger partial charge in [-0.1, -0.05) is 5.16 Å². The molecule has 0 fully saturated rings. The van der Waals surface area contributed by atoms with Crippen LogP contribution < -0.4 is 5.73 Å². The van der Waals surface area contributed by atoms with Gasteiger partial charge in [0.1, 0.15) is 11.7 Å². The maximum Gasteiger partial charge on any atom is 0.140 e. The monoisotopic (exact) mass is 239 g/mol. The Bertz CT molecular complexity index is 374. The van der Waals surface area contributed by atoms with E-state index in [2.05, 4.69) is 22.0 Å². The first-order chi connectivity index (χ1) is 8.04. The number of nitrogens with zero attached hydrogens (tertiary/aromatic N) is 4. The molecule has 6 heteroatoms. The smallest absolute Gasteiger partial charge is 0.140 e. The normalized spacial score (nSPS) is 14.2. The largest absolute Gasteiger partial charge is 0.409 e. The Kier molecular flexibility index (Phi) is 4.96. The topological polar surface area (TPSA) is 79.7 Å². The summed E-state index contributed by atoms with van der Waals surface area (Å²) in [7, 11) is 4.01. The molecule has 1 atom stereocenters. The van der Waals surface area contributed by atoms with Crippen LogP contribution in [0.5, 0.6) is 0 Å². The first-order valence-electron chi connectivity index (χ1n) is 5.67. The number of hydrogen-bond acceptors (Lipinski definition) is 4. The maximum atomic E-state index is 8.51. The van der Waals surface area contributed by atoms with E-state index in [0.717, 1.165) is 18.8 Å². The Hall–Kier alpha value is -1.56. The number of oxime groups is 1. The molecule has 3 N–H and O–H groups in total. The SMILES string of the molecule is CC(C/C(N)=N/O)N(C)CCc1nccn1C. The molecule has 0 aromatic carbocycles. The highest BCUT2D eigenvalue weighted by atomic mass is 16.4. The van der Waals surface area contributed by atoms with E-state index in [1.54, 1.807) is 6.20 Å². The molecule has 1 aromatic rings. The first-order valence-corrected chi connectivity index (χ1v) is 5.67. The summed E-state index contributed by atoms with van der Waals surface area (Å²) >= 11 is 0. The molecule has 1 heterocycles. The fourth-order valence-electron chi connectivity index (χ4n) is 1.63. The summed E-state index contributed by atoms with van der Waals surface area (Å²) in [5.74, 6) is 1.33. The van der Waals surface area contributed by atoms with E-state index < -0.39 is 0 Å². The Labute approximate surface area is 102 Å². The van der Waals surface area contributed by atoms with Crippen molar-refractivity contribution in [3.63, 3.8) is 0 Å². The van der Waals surface area contributed by atoms with Gasteiger partial charge in [-0.15, -0.1) is 0 Å². The zero-order chi connectivity index (χ0) is 12.8. The molecule has 0 radical (unpaired) electrons. The molecule has 0 aliphatic carbocycles. The Morgan fingerprint density at radius 1 is 1.71 bits per heavy atom. The van der Waals surface area contributed by atoms with Crippen molar-refractivity contribution in [3.8, 4) is 0 Å². The molecule has 1 rings (SSSR count). The average Bonchev–Trinajstić information content (AvgIpc) is 2.71. The third-order valence-electron chi connectivity index (χ3n) is 2.99. The van der Waals surface area contributed by atoms with E-state index in [9.17, 15) is 0 Å². The summed E-state index contributed by atoms with van der Waals surface area (Å²) in [5.41, 5.74) is 5.48. The number of aromatic nitrogens is 2. The van der Waals surface area contributed by atoms with Crippen molar-refractivity contribution in [1.82, 2.24) is 14.5 Å². The summed E-state index contributed by atoms with van der Waals surface area (Å²) in [4.78, 5) is 6.45. The predicted octanol–water partition coefficient (Wildman–Crippen LogP) is 0.419. The Balaban J connectivity index is 2.39. The highest BCUT2D eigenvalue weighted by Gasteiger charge is 2.12. The molecule has 6 nitrogen and oxygen atoms in total. The van der Waals surface area contributed by atoms with Crippen molar-refractivity contribution in [2.24, 2.45) is 17.9 Å². The van der Waals surface area contributed by atoms with Crippen LogP contribution >= 0.6 is 0 Å². The van der Waals surface area contributed by atoms with Crippen molar-refractivity contribution in [2.75, 3.05) is 13.6 Å². The molecule has 0 amide bonds. The quantitative estimate of drug-likeness (QED) is 0.326. The van der Waals surface area contributed by atoms with Gasteiger partial charge in [-0.2, -0.15) is 0 Å². The van der Waals surface area contributed by atoms with Crippen molar-refractivity contribution >= 4 is 5.84 Å². The summed E-state index contributed by atoms with van der Waals surface area (Å²) in [6, 6.07) is 0.242. The molecule has 0 saturated heterocycles. The van der Waals surface area contributed by atoms with E-state index in [-0.39, 0.29) is 11.9 Å². The molecule has 0 saturated carbocycles. The van der Waals surface area contributed by atoms with Crippen LogP contribution in [0.3, 0.4) is 0 Å². The van der Waals surface area contributed by atoms with Gasteiger partial charge >= 0.3 is 0 Å². The second kappa shape index (κ2) is 6.24. The lowest BCUT2D eigenvalue weighted by Crippen LogP contribution is -2.34. The number of nitrogens with two attached hydrogens (primary N) is 1. The van der Waals surface area contributed by atoms with E-state index in [4.69, 9.17) is 10.9 Å². The third-order valence-corrected chi connectivity index (χ3v) is 2.99. The highest BCUT2D eigenvalue weighted by Crippen LogP contribution is 2.03. The zero-order valence-electron chi connectivity index (χ0n) is 10.7. The van der Waals surface area contributed by atoms with E-state index >= 15 is 0 Å². The molecule has 17 heavy (non-hydrogen) atoms. The van der Waals surface area contributed by atoms with Crippen molar-refractivity contribution in [3.05, 3.63) is 18.2 Å². The fraction of sp³-hybridized carbons (Fsp3) is 0.636. The van der Waals surface area contributed by atoms with Crippen molar-refractivity contribution < 1.29 is 5.21 Å². The van der Waals surface area contributed by atoms with Gasteiger partial charge in [0.15, 0.2) is 0 Å². The molecular formula is C11H21N5O. The van der Waals surface area contributed by atoms with Crippen molar-refractivity contribution in [1.29, 1.82) is 0 Å². The molecule has 0 bridgehead atoms.